The van der Waals surface area contributed by atoms with Crippen LogP contribution in [0.15, 0.2) is 0 Å². The molecule has 0 fully saturated rings. The molecule has 0 radical (unpaired) electrons. The first-order chi connectivity index (χ1) is 7.66. The van der Waals surface area contributed by atoms with Crippen LogP contribution in [0.2, 0.25) is 0 Å². The molecule has 0 saturated carbocycles. The van der Waals surface area contributed by atoms with E-state index in [4.69, 9.17) is 0 Å². The van der Waals surface area contributed by atoms with Crippen LogP contribution >= 0.6 is 12.6 Å². The van der Waals surface area contributed by atoms with Crippen LogP contribution in [0, 0.1) is 5.92 Å². The van der Waals surface area contributed by atoms with Gasteiger partial charge in [-0.2, -0.15) is 12.6 Å². The zero-order valence-electron chi connectivity index (χ0n) is 11.7. The Bertz CT molecular complexity index is 131. The van der Waals surface area contributed by atoms with Crippen LogP contribution in [-0.4, -0.2) is 5.25 Å². The topological polar surface area (TPSA) is 0 Å². The van der Waals surface area contributed by atoms with Gasteiger partial charge < -0.3 is 0 Å². The van der Waals surface area contributed by atoms with Gasteiger partial charge in [0.05, 0.1) is 0 Å². The number of unbranched alkanes of at least 4 members (excludes halogenated alkanes) is 7. The van der Waals surface area contributed by atoms with Crippen LogP contribution < -0.4 is 0 Å². The first kappa shape index (κ1) is 16.4. The predicted molar refractivity (Wildman–Crippen MR) is 79.5 cm³/mol. The summed E-state index contributed by atoms with van der Waals surface area (Å²) in [5.74, 6) is 0.802. The maximum absolute atomic E-state index is 4.64. The van der Waals surface area contributed by atoms with Crippen molar-refractivity contribution in [1.29, 1.82) is 0 Å². The largest absolute Gasteiger partial charge is 0.176 e. The Labute approximate surface area is 109 Å². The first-order valence-corrected chi connectivity index (χ1v) is 7.86. The Morgan fingerprint density at radius 3 is 1.81 bits per heavy atom. The summed E-state index contributed by atoms with van der Waals surface area (Å²) < 4.78 is 0. The summed E-state index contributed by atoms with van der Waals surface area (Å²) in [5, 5.41) is 0.639. The summed E-state index contributed by atoms with van der Waals surface area (Å²) in [6.07, 6.45) is 14.0. The molecular weight excluding hydrogens is 212 g/mol. The van der Waals surface area contributed by atoms with Crippen LogP contribution in [-0.2, 0) is 0 Å². The minimum absolute atomic E-state index is 0.639. The lowest BCUT2D eigenvalue weighted by molar-refractivity contribution is 0.516. The molecule has 0 aliphatic heterocycles. The van der Waals surface area contributed by atoms with Gasteiger partial charge in [-0.05, 0) is 18.8 Å². The molecule has 0 saturated heterocycles. The zero-order valence-corrected chi connectivity index (χ0v) is 12.6. The minimum Gasteiger partial charge on any atom is -0.176 e. The van der Waals surface area contributed by atoms with E-state index in [0.717, 1.165) is 5.92 Å². The monoisotopic (exact) mass is 244 g/mol. The van der Waals surface area contributed by atoms with Crippen molar-refractivity contribution in [1.82, 2.24) is 0 Å². The van der Waals surface area contributed by atoms with Crippen LogP contribution in [0.3, 0.4) is 0 Å². The fraction of sp³-hybridized carbons (Fsp3) is 1.00. The third kappa shape index (κ3) is 12.4. The lowest BCUT2D eigenvalue weighted by atomic mass is 10.0. The van der Waals surface area contributed by atoms with E-state index in [0.29, 0.717) is 5.25 Å². The van der Waals surface area contributed by atoms with Crippen LogP contribution in [0.5, 0.6) is 0 Å². The van der Waals surface area contributed by atoms with E-state index >= 15 is 0 Å². The molecule has 0 nitrogen and oxygen atoms in total. The summed E-state index contributed by atoms with van der Waals surface area (Å²) in [6.45, 7) is 6.86. The quantitative estimate of drug-likeness (QED) is 0.341. The lowest BCUT2D eigenvalue weighted by Gasteiger charge is -2.12. The molecule has 1 atom stereocenters. The molecule has 0 spiro atoms. The third-order valence-electron chi connectivity index (χ3n) is 3.13. The van der Waals surface area contributed by atoms with E-state index < -0.39 is 0 Å². The van der Waals surface area contributed by atoms with E-state index in [1.165, 1.54) is 64.2 Å². The van der Waals surface area contributed by atoms with Gasteiger partial charge in [-0.15, -0.1) is 0 Å². The second kappa shape index (κ2) is 11.8. The molecule has 0 aliphatic rings. The molecule has 0 aromatic heterocycles. The van der Waals surface area contributed by atoms with Gasteiger partial charge in [0.15, 0.2) is 0 Å². The Kier molecular flexibility index (Phi) is 12.1. The Balaban J connectivity index is 3.08. The highest BCUT2D eigenvalue weighted by Gasteiger charge is 2.05. The maximum Gasteiger partial charge on any atom is 0.00192 e. The van der Waals surface area contributed by atoms with E-state index in [-0.39, 0.29) is 0 Å². The van der Waals surface area contributed by atoms with Crippen molar-refractivity contribution in [2.24, 2.45) is 5.92 Å². The second-order valence-electron chi connectivity index (χ2n) is 5.55. The molecule has 0 bridgehead atoms. The molecule has 0 aromatic rings. The van der Waals surface area contributed by atoms with Crippen LogP contribution in [0.25, 0.3) is 0 Å². The van der Waals surface area contributed by atoms with Gasteiger partial charge >= 0.3 is 0 Å². The molecule has 16 heavy (non-hydrogen) atoms. The normalized spacial score (nSPS) is 13.3. The van der Waals surface area contributed by atoms with E-state index in [1.807, 2.05) is 0 Å². The summed E-state index contributed by atoms with van der Waals surface area (Å²) in [6, 6.07) is 0. The van der Waals surface area contributed by atoms with Crippen molar-refractivity contribution in [3.8, 4) is 0 Å². The number of rotatable bonds is 11. The van der Waals surface area contributed by atoms with E-state index in [2.05, 4.69) is 33.4 Å². The molecule has 0 N–H and O–H groups in total. The molecule has 98 valence electrons. The minimum atomic E-state index is 0.639. The number of hydrogen-bond donors (Lipinski definition) is 1. The van der Waals surface area contributed by atoms with Gasteiger partial charge in [0.25, 0.3) is 0 Å². The van der Waals surface area contributed by atoms with Crippen LogP contribution in [0.4, 0.5) is 0 Å². The van der Waals surface area contributed by atoms with Crippen molar-refractivity contribution in [2.75, 3.05) is 0 Å². The summed E-state index contributed by atoms with van der Waals surface area (Å²) in [7, 11) is 0. The molecule has 1 heteroatoms. The molecule has 0 aromatic carbocycles. The van der Waals surface area contributed by atoms with Gasteiger partial charge in [0.2, 0.25) is 0 Å². The first-order valence-electron chi connectivity index (χ1n) is 7.34. The van der Waals surface area contributed by atoms with Crippen molar-refractivity contribution >= 4 is 12.6 Å². The smallest absolute Gasteiger partial charge is 0.00192 e. The molecule has 0 rings (SSSR count). The zero-order chi connectivity index (χ0) is 12.2. The Morgan fingerprint density at radius 2 is 1.31 bits per heavy atom. The number of hydrogen-bond acceptors (Lipinski definition) is 1. The maximum atomic E-state index is 4.64. The van der Waals surface area contributed by atoms with Gasteiger partial charge in [-0.1, -0.05) is 72.1 Å². The molecule has 1 unspecified atom stereocenters. The second-order valence-corrected chi connectivity index (χ2v) is 6.28. The highest BCUT2D eigenvalue weighted by atomic mass is 32.1. The molecule has 0 amide bonds. The van der Waals surface area contributed by atoms with Gasteiger partial charge in [-0.25, -0.2) is 0 Å². The third-order valence-corrected chi connectivity index (χ3v) is 3.60. The van der Waals surface area contributed by atoms with Crippen molar-refractivity contribution < 1.29 is 0 Å². The standard InChI is InChI=1S/C15H32S/c1-4-5-6-7-8-9-10-11-12-15(16)13-14(2)3/h14-16H,4-13H2,1-3H3. The van der Waals surface area contributed by atoms with Crippen molar-refractivity contribution in [2.45, 2.75) is 90.2 Å². The number of thiol groups is 1. The summed E-state index contributed by atoms with van der Waals surface area (Å²) in [5.41, 5.74) is 0. The van der Waals surface area contributed by atoms with Crippen molar-refractivity contribution in [3.63, 3.8) is 0 Å². The van der Waals surface area contributed by atoms with Gasteiger partial charge in [0.1, 0.15) is 0 Å². The average Bonchev–Trinajstić information content (AvgIpc) is 2.21. The van der Waals surface area contributed by atoms with Crippen LogP contribution in [0.1, 0.15) is 85.0 Å². The highest BCUT2D eigenvalue weighted by Crippen LogP contribution is 2.17. The fourth-order valence-electron chi connectivity index (χ4n) is 2.18. The molecule has 0 heterocycles. The average molecular weight is 244 g/mol. The highest BCUT2D eigenvalue weighted by molar-refractivity contribution is 7.80. The van der Waals surface area contributed by atoms with Gasteiger partial charge in [0, 0.05) is 5.25 Å². The molecule has 0 aliphatic carbocycles. The summed E-state index contributed by atoms with van der Waals surface area (Å²) >= 11 is 4.64. The SMILES string of the molecule is CCCCCCCCCCC(S)CC(C)C. The van der Waals surface area contributed by atoms with E-state index in [9.17, 15) is 0 Å². The lowest BCUT2D eigenvalue weighted by Crippen LogP contribution is -2.03. The Hall–Kier alpha value is 0.350. The Morgan fingerprint density at radius 1 is 0.812 bits per heavy atom. The van der Waals surface area contributed by atoms with Crippen molar-refractivity contribution in [3.05, 3.63) is 0 Å². The molecular formula is C15H32S. The van der Waals surface area contributed by atoms with Gasteiger partial charge in [-0.3, -0.25) is 0 Å². The predicted octanol–water partition coefficient (Wildman–Crippen LogP) is 5.86. The summed E-state index contributed by atoms with van der Waals surface area (Å²) in [4.78, 5) is 0. The van der Waals surface area contributed by atoms with E-state index in [1.54, 1.807) is 0 Å². The fourth-order valence-corrected chi connectivity index (χ4v) is 2.78.